The molecule has 0 bridgehead atoms. The van der Waals surface area contributed by atoms with Crippen LogP contribution in [0.3, 0.4) is 0 Å². The molecule has 0 aliphatic rings. The Hall–Kier alpha value is -0.190. The lowest BCUT2D eigenvalue weighted by molar-refractivity contribution is 0.585. The van der Waals surface area contributed by atoms with Gasteiger partial charge in [0.15, 0.2) is 0 Å². The molecule has 1 rings (SSSR count). The Labute approximate surface area is 101 Å². The maximum absolute atomic E-state index is 6.10. The highest BCUT2D eigenvalue weighted by molar-refractivity contribution is 7.99. The zero-order valence-corrected chi connectivity index (χ0v) is 11.2. The molecule has 3 nitrogen and oxygen atoms in total. The van der Waals surface area contributed by atoms with E-state index in [4.69, 9.17) is 11.6 Å². The third kappa shape index (κ3) is 3.40. The van der Waals surface area contributed by atoms with Crippen molar-refractivity contribution in [2.45, 2.75) is 25.1 Å². The second kappa shape index (κ2) is 5.77. The summed E-state index contributed by atoms with van der Waals surface area (Å²) in [5.41, 5.74) is 1.06. The molecule has 86 valence electrons. The molecule has 0 fully saturated rings. The number of nitrogens with one attached hydrogen (secondary N) is 1. The SMILES string of the molecule is CNC(CSC(C)C)c1c(Cl)cnn1C. The van der Waals surface area contributed by atoms with Crippen molar-refractivity contribution < 1.29 is 0 Å². The highest BCUT2D eigenvalue weighted by atomic mass is 35.5. The third-order valence-corrected chi connectivity index (χ3v) is 3.70. The molecule has 15 heavy (non-hydrogen) atoms. The molecule has 0 spiro atoms. The Morgan fingerprint density at radius 2 is 2.27 bits per heavy atom. The molecule has 0 aromatic carbocycles. The Morgan fingerprint density at radius 3 is 2.67 bits per heavy atom. The van der Waals surface area contributed by atoms with Gasteiger partial charge >= 0.3 is 0 Å². The number of aromatic nitrogens is 2. The van der Waals surface area contributed by atoms with Crippen LogP contribution in [0.25, 0.3) is 0 Å². The van der Waals surface area contributed by atoms with E-state index >= 15 is 0 Å². The van der Waals surface area contributed by atoms with Crippen molar-refractivity contribution in [3.8, 4) is 0 Å². The number of nitrogens with zero attached hydrogens (tertiary/aromatic N) is 2. The summed E-state index contributed by atoms with van der Waals surface area (Å²) in [6.45, 7) is 4.39. The summed E-state index contributed by atoms with van der Waals surface area (Å²) in [5, 5.41) is 8.79. The first-order chi connectivity index (χ1) is 7.06. The van der Waals surface area contributed by atoms with Crippen LogP contribution in [0.15, 0.2) is 6.20 Å². The second-order valence-corrected chi connectivity index (χ2v) is 5.74. The molecule has 1 aromatic heterocycles. The van der Waals surface area contributed by atoms with Crippen LogP contribution in [0, 0.1) is 0 Å². The number of hydrogen-bond donors (Lipinski definition) is 1. The third-order valence-electron chi connectivity index (χ3n) is 2.21. The van der Waals surface area contributed by atoms with Crippen molar-refractivity contribution in [2.24, 2.45) is 7.05 Å². The average molecular weight is 248 g/mol. The molecular formula is C10H18ClN3S. The quantitative estimate of drug-likeness (QED) is 0.867. The molecule has 1 atom stereocenters. The lowest BCUT2D eigenvalue weighted by Crippen LogP contribution is -2.22. The summed E-state index contributed by atoms with van der Waals surface area (Å²) >= 11 is 8.02. The van der Waals surface area contributed by atoms with E-state index in [2.05, 4.69) is 24.3 Å². The smallest absolute Gasteiger partial charge is 0.0834 e. The Morgan fingerprint density at radius 1 is 1.60 bits per heavy atom. The predicted octanol–water partition coefficient (Wildman–Crippen LogP) is 2.48. The summed E-state index contributed by atoms with van der Waals surface area (Å²) in [6, 6.07) is 0.261. The number of aryl methyl sites for hydroxylation is 1. The Bertz CT molecular complexity index is 292. The van der Waals surface area contributed by atoms with E-state index in [9.17, 15) is 0 Å². The average Bonchev–Trinajstić information content (AvgIpc) is 2.49. The number of hydrogen-bond acceptors (Lipinski definition) is 3. The summed E-state index contributed by atoms with van der Waals surface area (Å²) in [5.74, 6) is 1.01. The summed E-state index contributed by atoms with van der Waals surface area (Å²) < 4.78 is 1.84. The van der Waals surface area contributed by atoms with Crippen LogP contribution in [0.2, 0.25) is 5.02 Å². The van der Waals surface area contributed by atoms with E-state index < -0.39 is 0 Å². The molecule has 5 heteroatoms. The highest BCUT2D eigenvalue weighted by Gasteiger charge is 2.17. The van der Waals surface area contributed by atoms with Gasteiger partial charge in [0.05, 0.1) is 23.0 Å². The number of thioether (sulfide) groups is 1. The maximum Gasteiger partial charge on any atom is 0.0834 e. The van der Waals surface area contributed by atoms with E-state index in [1.165, 1.54) is 0 Å². The molecule has 0 aliphatic carbocycles. The van der Waals surface area contributed by atoms with Gasteiger partial charge in [-0.2, -0.15) is 16.9 Å². The van der Waals surface area contributed by atoms with Crippen LogP contribution in [0.5, 0.6) is 0 Å². The fraction of sp³-hybridized carbons (Fsp3) is 0.700. The second-order valence-electron chi connectivity index (χ2n) is 3.72. The predicted molar refractivity (Wildman–Crippen MR) is 67.6 cm³/mol. The minimum absolute atomic E-state index is 0.261. The molecule has 0 radical (unpaired) electrons. The van der Waals surface area contributed by atoms with Crippen LogP contribution in [-0.4, -0.2) is 27.8 Å². The molecule has 0 saturated carbocycles. The van der Waals surface area contributed by atoms with E-state index in [0.717, 1.165) is 16.5 Å². The summed E-state index contributed by atoms with van der Waals surface area (Å²) in [4.78, 5) is 0. The van der Waals surface area contributed by atoms with Crippen molar-refractivity contribution in [1.82, 2.24) is 15.1 Å². The summed E-state index contributed by atoms with van der Waals surface area (Å²) in [6.07, 6.45) is 1.70. The first-order valence-corrected chi connectivity index (χ1v) is 6.45. The normalized spacial score (nSPS) is 13.5. The van der Waals surface area contributed by atoms with E-state index in [0.29, 0.717) is 5.25 Å². The number of rotatable bonds is 5. The van der Waals surface area contributed by atoms with Crippen molar-refractivity contribution in [3.63, 3.8) is 0 Å². The first kappa shape index (κ1) is 12.9. The van der Waals surface area contributed by atoms with E-state index in [1.54, 1.807) is 6.20 Å². The molecule has 1 aromatic rings. The Balaban J connectivity index is 2.74. The molecule has 0 aliphatic heterocycles. The largest absolute Gasteiger partial charge is 0.311 e. The van der Waals surface area contributed by atoms with Crippen LogP contribution in [-0.2, 0) is 7.05 Å². The van der Waals surface area contributed by atoms with Crippen LogP contribution < -0.4 is 5.32 Å². The van der Waals surface area contributed by atoms with E-state index in [-0.39, 0.29) is 6.04 Å². The van der Waals surface area contributed by atoms with Gasteiger partial charge in [0.2, 0.25) is 0 Å². The van der Waals surface area contributed by atoms with Gasteiger partial charge in [0.1, 0.15) is 0 Å². The topological polar surface area (TPSA) is 29.9 Å². The summed E-state index contributed by atoms with van der Waals surface area (Å²) in [7, 11) is 3.88. The lowest BCUT2D eigenvalue weighted by atomic mass is 10.2. The zero-order chi connectivity index (χ0) is 11.4. The minimum atomic E-state index is 0.261. The van der Waals surface area contributed by atoms with Crippen LogP contribution >= 0.6 is 23.4 Å². The van der Waals surface area contributed by atoms with Crippen molar-refractivity contribution in [2.75, 3.05) is 12.8 Å². The maximum atomic E-state index is 6.10. The monoisotopic (exact) mass is 247 g/mol. The van der Waals surface area contributed by atoms with Gasteiger partial charge in [0.25, 0.3) is 0 Å². The highest BCUT2D eigenvalue weighted by Crippen LogP contribution is 2.26. The molecule has 0 saturated heterocycles. The van der Waals surface area contributed by atoms with Crippen LogP contribution in [0.4, 0.5) is 0 Å². The first-order valence-electron chi connectivity index (χ1n) is 5.02. The van der Waals surface area contributed by atoms with Gasteiger partial charge in [-0.3, -0.25) is 4.68 Å². The van der Waals surface area contributed by atoms with Crippen molar-refractivity contribution in [3.05, 3.63) is 16.9 Å². The van der Waals surface area contributed by atoms with Crippen molar-refractivity contribution >= 4 is 23.4 Å². The lowest BCUT2D eigenvalue weighted by Gasteiger charge is -2.17. The molecule has 1 N–H and O–H groups in total. The number of halogens is 1. The van der Waals surface area contributed by atoms with Gasteiger partial charge < -0.3 is 5.32 Å². The van der Waals surface area contributed by atoms with Crippen LogP contribution in [0.1, 0.15) is 25.6 Å². The molecule has 0 amide bonds. The standard InChI is InChI=1S/C10H18ClN3S/c1-7(2)15-6-9(12-3)10-8(11)5-13-14(10)4/h5,7,9,12H,6H2,1-4H3. The van der Waals surface area contributed by atoms with Gasteiger partial charge in [-0.25, -0.2) is 0 Å². The molecular weight excluding hydrogens is 230 g/mol. The minimum Gasteiger partial charge on any atom is -0.311 e. The van der Waals surface area contributed by atoms with Gasteiger partial charge in [0, 0.05) is 12.8 Å². The molecule has 1 heterocycles. The fourth-order valence-corrected chi connectivity index (χ4v) is 2.60. The van der Waals surface area contributed by atoms with Gasteiger partial charge in [-0.15, -0.1) is 0 Å². The molecule has 1 unspecified atom stereocenters. The fourth-order valence-electron chi connectivity index (χ4n) is 1.40. The van der Waals surface area contributed by atoms with Gasteiger partial charge in [-0.1, -0.05) is 25.4 Å². The Kier molecular flexibility index (Phi) is 4.96. The van der Waals surface area contributed by atoms with E-state index in [1.807, 2.05) is 30.5 Å². The van der Waals surface area contributed by atoms with Crippen molar-refractivity contribution in [1.29, 1.82) is 0 Å². The van der Waals surface area contributed by atoms with Gasteiger partial charge in [-0.05, 0) is 12.3 Å². The zero-order valence-electron chi connectivity index (χ0n) is 9.62.